The maximum atomic E-state index is 5.28. The van der Waals surface area contributed by atoms with Crippen molar-refractivity contribution in [2.75, 3.05) is 13.2 Å². The van der Waals surface area contributed by atoms with Gasteiger partial charge in [-0.25, -0.2) is 0 Å². The highest BCUT2D eigenvalue weighted by Crippen LogP contribution is 2.08. The molecule has 0 amide bonds. The molecule has 1 heterocycles. The molecule has 80 valence electrons. The Hall–Kier alpha value is -0.680. The number of hydrogen-bond acceptors (Lipinski definition) is 3. The highest BCUT2D eigenvalue weighted by atomic mass is 32.1. The van der Waals surface area contributed by atoms with Crippen LogP contribution in [0.25, 0.3) is 0 Å². The number of rotatable bonds is 5. The van der Waals surface area contributed by atoms with Gasteiger partial charge in [0.1, 0.15) is 5.82 Å². The van der Waals surface area contributed by atoms with Crippen molar-refractivity contribution < 1.29 is 4.74 Å². The average Bonchev–Trinajstić information content (AvgIpc) is 2.47. The van der Waals surface area contributed by atoms with Crippen molar-refractivity contribution in [1.29, 1.82) is 0 Å². The van der Waals surface area contributed by atoms with Crippen molar-refractivity contribution >= 4 is 12.2 Å². The highest BCUT2D eigenvalue weighted by Gasteiger charge is 2.08. The minimum absolute atomic E-state index is 0.345. The Labute approximate surface area is 89.3 Å². The third-order valence-corrected chi connectivity index (χ3v) is 2.26. The molecule has 14 heavy (non-hydrogen) atoms. The van der Waals surface area contributed by atoms with E-state index in [-0.39, 0.29) is 0 Å². The number of aromatic amines is 1. The molecule has 1 rings (SSSR count). The molecule has 0 spiro atoms. The lowest BCUT2D eigenvalue weighted by molar-refractivity contribution is 0.148. The fourth-order valence-electron chi connectivity index (χ4n) is 1.35. The van der Waals surface area contributed by atoms with Crippen molar-refractivity contribution in [2.45, 2.75) is 33.2 Å². The Kier molecular flexibility index (Phi) is 4.28. The van der Waals surface area contributed by atoms with E-state index in [2.05, 4.69) is 24.0 Å². The molecule has 1 aromatic rings. The summed E-state index contributed by atoms with van der Waals surface area (Å²) in [6, 6.07) is 0.345. The number of nitrogens with zero attached hydrogens (tertiary/aromatic N) is 2. The van der Waals surface area contributed by atoms with Gasteiger partial charge in [0.2, 0.25) is 0 Å². The summed E-state index contributed by atoms with van der Waals surface area (Å²) in [5.74, 6) is 0.971. The van der Waals surface area contributed by atoms with E-state index in [1.807, 2.05) is 11.5 Å². The molecule has 1 N–H and O–H groups in total. The second-order valence-corrected chi connectivity index (χ2v) is 3.74. The number of aromatic nitrogens is 3. The van der Waals surface area contributed by atoms with E-state index in [0.717, 1.165) is 18.9 Å². The van der Waals surface area contributed by atoms with Gasteiger partial charge in [0.05, 0.1) is 6.61 Å². The smallest absolute Gasteiger partial charge is 0.195 e. The topological polar surface area (TPSA) is 42.8 Å². The zero-order valence-corrected chi connectivity index (χ0v) is 9.73. The molecule has 0 aliphatic rings. The molecule has 5 heteroatoms. The lowest BCUT2D eigenvalue weighted by Gasteiger charge is -2.09. The maximum Gasteiger partial charge on any atom is 0.195 e. The van der Waals surface area contributed by atoms with Crippen LogP contribution in [0.3, 0.4) is 0 Å². The first-order valence-corrected chi connectivity index (χ1v) is 5.31. The predicted molar refractivity (Wildman–Crippen MR) is 58.0 cm³/mol. The summed E-state index contributed by atoms with van der Waals surface area (Å²) in [5, 5.41) is 6.98. The van der Waals surface area contributed by atoms with Gasteiger partial charge in [0, 0.05) is 19.1 Å². The Morgan fingerprint density at radius 1 is 1.57 bits per heavy atom. The number of nitrogens with one attached hydrogen (secondary N) is 1. The van der Waals surface area contributed by atoms with E-state index >= 15 is 0 Å². The molecule has 0 aromatic carbocycles. The van der Waals surface area contributed by atoms with Crippen molar-refractivity contribution in [3.05, 3.63) is 10.6 Å². The van der Waals surface area contributed by atoms with Gasteiger partial charge in [-0.05, 0) is 33.0 Å². The molecule has 0 aliphatic carbocycles. The Bertz CT molecular complexity index is 329. The third kappa shape index (κ3) is 2.65. The molecule has 0 fully saturated rings. The van der Waals surface area contributed by atoms with Gasteiger partial charge in [-0.3, -0.25) is 5.10 Å². The van der Waals surface area contributed by atoms with Gasteiger partial charge in [-0.1, -0.05) is 0 Å². The summed E-state index contributed by atoms with van der Waals surface area (Å²) in [7, 11) is 0. The lowest BCUT2D eigenvalue weighted by atomic mass is 10.3. The predicted octanol–water partition coefficient (Wildman–Crippen LogP) is 2.10. The number of ether oxygens (including phenoxy) is 1. The van der Waals surface area contributed by atoms with Gasteiger partial charge in [0.25, 0.3) is 0 Å². The molecule has 4 nitrogen and oxygen atoms in total. The second-order valence-electron chi connectivity index (χ2n) is 3.36. The second kappa shape index (κ2) is 5.26. The molecule has 0 atom stereocenters. The summed E-state index contributed by atoms with van der Waals surface area (Å²) in [5.41, 5.74) is 0. The van der Waals surface area contributed by atoms with Crippen molar-refractivity contribution in [3.63, 3.8) is 0 Å². The van der Waals surface area contributed by atoms with Gasteiger partial charge < -0.3 is 9.30 Å². The van der Waals surface area contributed by atoms with Crippen LogP contribution in [0.15, 0.2) is 0 Å². The Balaban J connectivity index is 2.71. The molecule has 0 bridgehead atoms. The molecule has 0 radical (unpaired) electrons. The lowest BCUT2D eigenvalue weighted by Crippen LogP contribution is -2.09. The third-order valence-electron chi connectivity index (χ3n) is 1.97. The van der Waals surface area contributed by atoms with E-state index < -0.39 is 0 Å². The van der Waals surface area contributed by atoms with Crippen LogP contribution in [-0.4, -0.2) is 28.0 Å². The largest absolute Gasteiger partial charge is 0.381 e. The van der Waals surface area contributed by atoms with Crippen LogP contribution in [0.2, 0.25) is 0 Å². The van der Waals surface area contributed by atoms with Crippen LogP contribution in [0.4, 0.5) is 0 Å². The fraction of sp³-hybridized carbons (Fsp3) is 0.778. The molecular weight excluding hydrogens is 198 g/mol. The van der Waals surface area contributed by atoms with Crippen LogP contribution >= 0.6 is 12.2 Å². The van der Waals surface area contributed by atoms with Gasteiger partial charge in [0.15, 0.2) is 4.77 Å². The SMILES string of the molecule is CCOCCc1n[nH]c(=S)n1C(C)C. The van der Waals surface area contributed by atoms with Crippen LogP contribution in [-0.2, 0) is 11.2 Å². The highest BCUT2D eigenvalue weighted by molar-refractivity contribution is 7.71. The van der Waals surface area contributed by atoms with Crippen molar-refractivity contribution in [3.8, 4) is 0 Å². The zero-order valence-electron chi connectivity index (χ0n) is 8.91. The zero-order chi connectivity index (χ0) is 10.6. The molecule has 0 saturated carbocycles. The summed E-state index contributed by atoms with van der Waals surface area (Å²) >= 11 is 5.13. The first kappa shape index (κ1) is 11.4. The minimum atomic E-state index is 0.345. The van der Waals surface area contributed by atoms with Crippen LogP contribution in [0.1, 0.15) is 32.6 Å². The van der Waals surface area contributed by atoms with E-state index in [1.54, 1.807) is 0 Å². The number of hydrogen-bond donors (Lipinski definition) is 1. The monoisotopic (exact) mass is 215 g/mol. The Morgan fingerprint density at radius 3 is 2.86 bits per heavy atom. The summed E-state index contributed by atoms with van der Waals surface area (Å²) in [4.78, 5) is 0. The van der Waals surface area contributed by atoms with E-state index in [0.29, 0.717) is 17.4 Å². The molecule has 1 aromatic heterocycles. The first-order valence-electron chi connectivity index (χ1n) is 4.90. The van der Waals surface area contributed by atoms with Crippen LogP contribution in [0.5, 0.6) is 0 Å². The minimum Gasteiger partial charge on any atom is -0.381 e. The number of H-pyrrole nitrogens is 1. The van der Waals surface area contributed by atoms with Gasteiger partial charge >= 0.3 is 0 Å². The summed E-state index contributed by atoms with van der Waals surface area (Å²) in [6.07, 6.45) is 0.805. The summed E-state index contributed by atoms with van der Waals surface area (Å²) in [6.45, 7) is 7.61. The van der Waals surface area contributed by atoms with E-state index in [1.165, 1.54) is 0 Å². The normalized spacial score (nSPS) is 11.1. The summed E-state index contributed by atoms with van der Waals surface area (Å²) < 4.78 is 7.99. The molecule has 0 aliphatic heterocycles. The Morgan fingerprint density at radius 2 is 2.29 bits per heavy atom. The first-order chi connectivity index (χ1) is 6.66. The van der Waals surface area contributed by atoms with E-state index in [9.17, 15) is 0 Å². The molecular formula is C9H17N3OS. The maximum absolute atomic E-state index is 5.28. The van der Waals surface area contributed by atoms with E-state index in [4.69, 9.17) is 17.0 Å². The van der Waals surface area contributed by atoms with Crippen molar-refractivity contribution in [1.82, 2.24) is 14.8 Å². The quantitative estimate of drug-likeness (QED) is 0.604. The average molecular weight is 215 g/mol. The van der Waals surface area contributed by atoms with Crippen LogP contribution < -0.4 is 0 Å². The molecule has 0 saturated heterocycles. The van der Waals surface area contributed by atoms with Gasteiger partial charge in [-0.15, -0.1) is 0 Å². The van der Waals surface area contributed by atoms with Crippen LogP contribution in [0, 0.1) is 4.77 Å². The van der Waals surface area contributed by atoms with Crippen molar-refractivity contribution in [2.24, 2.45) is 0 Å². The van der Waals surface area contributed by atoms with Gasteiger partial charge in [-0.2, -0.15) is 5.10 Å². The fourth-order valence-corrected chi connectivity index (χ4v) is 1.72. The standard InChI is InChI=1S/C9H17N3OS/c1-4-13-6-5-8-10-11-9(14)12(8)7(2)3/h7H,4-6H2,1-3H3,(H,11,14). The molecule has 0 unspecified atom stereocenters.